The molecule has 108 valence electrons. The lowest BCUT2D eigenvalue weighted by Crippen LogP contribution is -2.21. The van der Waals surface area contributed by atoms with Gasteiger partial charge < -0.3 is 9.30 Å². The normalized spacial score (nSPS) is 19.6. The molecule has 0 spiro atoms. The van der Waals surface area contributed by atoms with Gasteiger partial charge in [0.2, 0.25) is 0 Å². The fourth-order valence-corrected chi connectivity index (χ4v) is 3.15. The molecule has 2 heterocycles. The second-order valence-electron chi connectivity index (χ2n) is 5.58. The average Bonchev–Trinajstić information content (AvgIpc) is 2.83. The number of hydrogen-bond acceptors (Lipinski definition) is 2. The van der Waals surface area contributed by atoms with Crippen molar-refractivity contribution in [2.75, 3.05) is 6.61 Å². The van der Waals surface area contributed by atoms with Gasteiger partial charge in [0.15, 0.2) is 0 Å². The first-order valence-corrected chi connectivity index (χ1v) is 7.94. The number of imidazole rings is 1. The first-order chi connectivity index (χ1) is 9.78. The molecule has 1 aliphatic heterocycles. The number of rotatable bonds is 4. The molecule has 0 aliphatic carbocycles. The number of aromatic nitrogens is 2. The highest BCUT2D eigenvalue weighted by Gasteiger charge is 2.16. The molecule has 0 amide bonds. The number of nitrogens with zero attached hydrogens (tertiary/aromatic N) is 2. The molecule has 20 heavy (non-hydrogen) atoms. The summed E-state index contributed by atoms with van der Waals surface area (Å²) >= 11 is 6.05. The molecular formula is C16H21ClN2O. The standard InChI is InChI=1S/C16H21ClN2O/c1-12-5-6-14-15(10-12)19(16(11-17)18-14)8-7-13-4-2-3-9-20-13/h5-6,10,13H,2-4,7-9,11H2,1H3. The zero-order chi connectivity index (χ0) is 13.9. The highest BCUT2D eigenvalue weighted by atomic mass is 35.5. The SMILES string of the molecule is Cc1ccc2nc(CCl)n(CCC3CCCCO3)c2c1. The van der Waals surface area contributed by atoms with Crippen molar-refractivity contribution >= 4 is 22.6 Å². The van der Waals surface area contributed by atoms with Crippen molar-refractivity contribution in [1.29, 1.82) is 0 Å². The fourth-order valence-electron chi connectivity index (χ4n) is 2.94. The Kier molecular flexibility index (Phi) is 4.27. The van der Waals surface area contributed by atoms with Gasteiger partial charge in [0, 0.05) is 13.2 Å². The molecule has 2 aromatic rings. The second kappa shape index (κ2) is 6.15. The molecule has 0 saturated carbocycles. The van der Waals surface area contributed by atoms with E-state index in [0.29, 0.717) is 12.0 Å². The molecule has 1 aromatic heterocycles. The van der Waals surface area contributed by atoms with Gasteiger partial charge in [-0.15, -0.1) is 11.6 Å². The first-order valence-electron chi connectivity index (χ1n) is 7.41. The van der Waals surface area contributed by atoms with E-state index in [9.17, 15) is 0 Å². The molecule has 0 radical (unpaired) electrons. The predicted octanol–water partition coefficient (Wildman–Crippen LogP) is 4.04. The smallest absolute Gasteiger partial charge is 0.124 e. The number of alkyl halides is 1. The van der Waals surface area contributed by atoms with Crippen LogP contribution in [-0.2, 0) is 17.2 Å². The Labute approximate surface area is 124 Å². The van der Waals surface area contributed by atoms with E-state index in [-0.39, 0.29) is 0 Å². The van der Waals surface area contributed by atoms with Gasteiger partial charge in [-0.05, 0) is 50.3 Å². The highest BCUT2D eigenvalue weighted by Crippen LogP contribution is 2.22. The molecule has 1 aromatic carbocycles. The summed E-state index contributed by atoms with van der Waals surface area (Å²) in [5.74, 6) is 1.42. The van der Waals surface area contributed by atoms with E-state index < -0.39 is 0 Å². The van der Waals surface area contributed by atoms with E-state index in [0.717, 1.165) is 30.9 Å². The van der Waals surface area contributed by atoms with Crippen LogP contribution in [0.5, 0.6) is 0 Å². The third-order valence-electron chi connectivity index (χ3n) is 4.05. The Morgan fingerprint density at radius 1 is 1.40 bits per heavy atom. The van der Waals surface area contributed by atoms with Gasteiger partial charge in [0.25, 0.3) is 0 Å². The van der Waals surface area contributed by atoms with Crippen LogP contribution in [-0.4, -0.2) is 22.3 Å². The predicted molar refractivity (Wildman–Crippen MR) is 82.2 cm³/mol. The number of benzene rings is 1. The van der Waals surface area contributed by atoms with Crippen molar-refractivity contribution in [3.63, 3.8) is 0 Å². The van der Waals surface area contributed by atoms with Gasteiger partial charge in [-0.2, -0.15) is 0 Å². The molecule has 1 saturated heterocycles. The average molecular weight is 293 g/mol. The van der Waals surface area contributed by atoms with Crippen molar-refractivity contribution < 1.29 is 4.74 Å². The van der Waals surface area contributed by atoms with Crippen LogP contribution in [0.1, 0.15) is 37.1 Å². The van der Waals surface area contributed by atoms with Gasteiger partial charge in [0.05, 0.1) is 23.0 Å². The second-order valence-corrected chi connectivity index (χ2v) is 5.85. The molecule has 1 fully saturated rings. The largest absolute Gasteiger partial charge is 0.378 e. The van der Waals surface area contributed by atoms with E-state index in [2.05, 4.69) is 34.7 Å². The van der Waals surface area contributed by atoms with Crippen LogP contribution in [0.3, 0.4) is 0 Å². The summed E-state index contributed by atoms with van der Waals surface area (Å²) in [5, 5.41) is 0. The number of aryl methyl sites for hydroxylation is 2. The quantitative estimate of drug-likeness (QED) is 0.795. The third-order valence-corrected chi connectivity index (χ3v) is 4.29. The Bertz CT molecular complexity index is 587. The van der Waals surface area contributed by atoms with E-state index >= 15 is 0 Å². The van der Waals surface area contributed by atoms with Crippen molar-refractivity contribution in [2.45, 2.75) is 51.1 Å². The molecule has 0 N–H and O–H groups in total. The van der Waals surface area contributed by atoms with Gasteiger partial charge in [-0.1, -0.05) is 6.07 Å². The molecule has 4 heteroatoms. The Balaban J connectivity index is 1.83. The lowest BCUT2D eigenvalue weighted by atomic mass is 10.1. The van der Waals surface area contributed by atoms with Crippen LogP contribution >= 0.6 is 11.6 Å². The molecule has 0 bridgehead atoms. The van der Waals surface area contributed by atoms with E-state index in [1.54, 1.807) is 0 Å². The van der Waals surface area contributed by atoms with E-state index in [4.69, 9.17) is 16.3 Å². The van der Waals surface area contributed by atoms with Crippen molar-refractivity contribution in [3.05, 3.63) is 29.6 Å². The fraction of sp³-hybridized carbons (Fsp3) is 0.562. The lowest BCUT2D eigenvalue weighted by molar-refractivity contribution is 0.00889. The maximum atomic E-state index is 6.05. The summed E-state index contributed by atoms with van der Waals surface area (Å²) < 4.78 is 8.08. The van der Waals surface area contributed by atoms with Gasteiger partial charge in [-0.25, -0.2) is 4.98 Å². The third kappa shape index (κ3) is 2.84. The Morgan fingerprint density at radius 3 is 3.05 bits per heavy atom. The molecule has 1 aliphatic rings. The summed E-state index contributed by atoms with van der Waals surface area (Å²) in [6.07, 6.45) is 5.12. The minimum absolute atomic E-state index is 0.397. The zero-order valence-corrected chi connectivity index (χ0v) is 12.7. The zero-order valence-electron chi connectivity index (χ0n) is 11.9. The Morgan fingerprint density at radius 2 is 2.30 bits per heavy atom. The highest BCUT2D eigenvalue weighted by molar-refractivity contribution is 6.16. The number of fused-ring (bicyclic) bond motifs is 1. The summed E-state index contributed by atoms with van der Waals surface area (Å²) in [4.78, 5) is 4.63. The first kappa shape index (κ1) is 13.9. The maximum Gasteiger partial charge on any atom is 0.124 e. The molecule has 3 rings (SSSR count). The van der Waals surface area contributed by atoms with Crippen LogP contribution in [0.2, 0.25) is 0 Å². The minimum Gasteiger partial charge on any atom is -0.378 e. The lowest BCUT2D eigenvalue weighted by Gasteiger charge is -2.23. The van der Waals surface area contributed by atoms with Crippen LogP contribution < -0.4 is 0 Å². The van der Waals surface area contributed by atoms with E-state index in [1.807, 2.05) is 0 Å². The number of halogens is 1. The summed E-state index contributed by atoms with van der Waals surface area (Å²) in [5.41, 5.74) is 3.49. The van der Waals surface area contributed by atoms with Gasteiger partial charge >= 0.3 is 0 Å². The van der Waals surface area contributed by atoms with Crippen molar-refractivity contribution in [1.82, 2.24) is 9.55 Å². The maximum absolute atomic E-state index is 6.05. The molecule has 1 atom stereocenters. The molecular weight excluding hydrogens is 272 g/mol. The molecule has 3 nitrogen and oxygen atoms in total. The number of hydrogen-bond donors (Lipinski definition) is 0. The van der Waals surface area contributed by atoms with E-state index in [1.165, 1.54) is 30.3 Å². The summed E-state index contributed by atoms with van der Waals surface area (Å²) in [6.45, 7) is 3.96. The van der Waals surface area contributed by atoms with Gasteiger partial charge in [-0.3, -0.25) is 0 Å². The van der Waals surface area contributed by atoms with Crippen LogP contribution in [0, 0.1) is 6.92 Å². The summed E-state index contributed by atoms with van der Waals surface area (Å²) in [6, 6.07) is 6.37. The van der Waals surface area contributed by atoms with Crippen molar-refractivity contribution in [2.24, 2.45) is 0 Å². The topological polar surface area (TPSA) is 27.1 Å². The molecule has 1 unspecified atom stereocenters. The van der Waals surface area contributed by atoms with Crippen LogP contribution in [0.15, 0.2) is 18.2 Å². The van der Waals surface area contributed by atoms with Gasteiger partial charge in [0.1, 0.15) is 5.82 Å². The monoisotopic (exact) mass is 292 g/mol. The van der Waals surface area contributed by atoms with Crippen LogP contribution in [0.25, 0.3) is 11.0 Å². The van der Waals surface area contributed by atoms with Crippen LogP contribution in [0.4, 0.5) is 0 Å². The Hall–Kier alpha value is -1.06. The summed E-state index contributed by atoms with van der Waals surface area (Å²) in [7, 11) is 0. The minimum atomic E-state index is 0.397. The number of ether oxygens (including phenoxy) is 1. The van der Waals surface area contributed by atoms with Crippen molar-refractivity contribution in [3.8, 4) is 0 Å².